The number of halogens is 1. The lowest BCUT2D eigenvalue weighted by Crippen LogP contribution is -2.49. The van der Waals surface area contributed by atoms with Crippen LogP contribution in [0.5, 0.6) is 0 Å². The van der Waals surface area contributed by atoms with Crippen molar-refractivity contribution in [3.8, 4) is 5.69 Å². The number of piperazine rings is 1. The molecule has 7 heteroatoms. The zero-order valence-electron chi connectivity index (χ0n) is 13.2. The molecular weight excluding hydrogens is 330 g/mol. The van der Waals surface area contributed by atoms with Gasteiger partial charge in [-0.1, -0.05) is 0 Å². The Bertz CT molecular complexity index is 593. The van der Waals surface area contributed by atoms with E-state index in [1.807, 2.05) is 30.1 Å². The van der Waals surface area contributed by atoms with Gasteiger partial charge in [-0.3, -0.25) is 9.80 Å². The SMILES string of the molecule is Cl.c1cn(-c2csc(CN3CCC(N4CCNCC4)C3)c2)cn1. The van der Waals surface area contributed by atoms with Crippen LogP contribution in [0.15, 0.2) is 30.2 Å². The van der Waals surface area contributed by atoms with Crippen LogP contribution in [0.4, 0.5) is 0 Å². The second-order valence-electron chi connectivity index (χ2n) is 6.20. The molecule has 2 aliphatic rings. The largest absolute Gasteiger partial charge is 0.314 e. The summed E-state index contributed by atoms with van der Waals surface area (Å²) in [6.07, 6.45) is 7.01. The Hall–Kier alpha value is -0.920. The maximum atomic E-state index is 4.12. The van der Waals surface area contributed by atoms with Crippen molar-refractivity contribution in [3.05, 3.63) is 35.0 Å². The van der Waals surface area contributed by atoms with Gasteiger partial charge in [0.1, 0.15) is 0 Å². The topological polar surface area (TPSA) is 36.3 Å². The van der Waals surface area contributed by atoms with Gasteiger partial charge in [0.2, 0.25) is 0 Å². The molecule has 4 heterocycles. The van der Waals surface area contributed by atoms with Crippen LogP contribution in [0.3, 0.4) is 0 Å². The number of rotatable bonds is 4. The predicted molar refractivity (Wildman–Crippen MR) is 96.8 cm³/mol. The van der Waals surface area contributed by atoms with E-state index >= 15 is 0 Å². The Morgan fingerprint density at radius 3 is 2.91 bits per heavy atom. The number of imidazole rings is 1. The normalized spacial score (nSPS) is 23.0. The maximum Gasteiger partial charge on any atom is 0.0991 e. The van der Waals surface area contributed by atoms with E-state index in [0.717, 1.165) is 25.7 Å². The minimum absolute atomic E-state index is 0. The van der Waals surface area contributed by atoms with Gasteiger partial charge in [0, 0.05) is 74.5 Å². The predicted octanol–water partition coefficient (Wildman–Crippen LogP) is 1.84. The fourth-order valence-electron chi connectivity index (χ4n) is 3.52. The molecule has 5 nitrogen and oxygen atoms in total. The van der Waals surface area contributed by atoms with Crippen molar-refractivity contribution in [2.24, 2.45) is 0 Å². The molecule has 2 saturated heterocycles. The van der Waals surface area contributed by atoms with E-state index in [-0.39, 0.29) is 12.4 Å². The first-order chi connectivity index (χ1) is 10.9. The molecule has 4 rings (SSSR count). The maximum absolute atomic E-state index is 4.12. The van der Waals surface area contributed by atoms with Crippen molar-refractivity contribution in [1.29, 1.82) is 0 Å². The first-order valence-corrected chi connectivity index (χ1v) is 8.99. The van der Waals surface area contributed by atoms with Crippen molar-refractivity contribution < 1.29 is 0 Å². The van der Waals surface area contributed by atoms with Crippen LogP contribution in [0.25, 0.3) is 5.69 Å². The van der Waals surface area contributed by atoms with Gasteiger partial charge in [-0.2, -0.15) is 0 Å². The summed E-state index contributed by atoms with van der Waals surface area (Å²) in [4.78, 5) is 10.8. The van der Waals surface area contributed by atoms with E-state index in [2.05, 4.69) is 36.1 Å². The molecule has 0 saturated carbocycles. The number of nitrogens with zero attached hydrogens (tertiary/aromatic N) is 4. The smallest absolute Gasteiger partial charge is 0.0991 e. The third-order valence-electron chi connectivity index (χ3n) is 4.74. The molecule has 126 valence electrons. The zero-order valence-corrected chi connectivity index (χ0v) is 14.9. The van der Waals surface area contributed by atoms with E-state index in [1.54, 1.807) is 0 Å². The molecule has 2 aromatic heterocycles. The summed E-state index contributed by atoms with van der Waals surface area (Å²) in [5.74, 6) is 0. The Balaban J connectivity index is 0.00000156. The number of nitrogens with one attached hydrogen (secondary N) is 1. The Labute approximate surface area is 147 Å². The third kappa shape index (κ3) is 3.95. The molecule has 23 heavy (non-hydrogen) atoms. The van der Waals surface area contributed by atoms with Crippen molar-refractivity contribution in [2.75, 3.05) is 39.3 Å². The molecule has 1 unspecified atom stereocenters. The standard InChI is InChI=1S/C16H23N5S.ClH/c1-5-19(10-14(1)20-6-2-17-3-7-20)11-16-9-15(12-22-16)21-8-4-18-13-21;/h4,8-9,12-14,17H,1-3,5-7,10-11H2;1H. The van der Waals surface area contributed by atoms with Gasteiger partial charge in [-0.15, -0.1) is 23.7 Å². The lowest BCUT2D eigenvalue weighted by Gasteiger charge is -2.32. The summed E-state index contributed by atoms with van der Waals surface area (Å²) in [7, 11) is 0. The number of thiophene rings is 1. The molecule has 1 atom stereocenters. The van der Waals surface area contributed by atoms with Crippen LogP contribution in [-0.2, 0) is 6.54 Å². The Morgan fingerprint density at radius 2 is 2.13 bits per heavy atom. The fraction of sp³-hybridized carbons (Fsp3) is 0.562. The summed E-state index contributed by atoms with van der Waals surface area (Å²) < 4.78 is 2.08. The van der Waals surface area contributed by atoms with Crippen LogP contribution in [0.1, 0.15) is 11.3 Å². The zero-order chi connectivity index (χ0) is 14.8. The average molecular weight is 354 g/mol. The van der Waals surface area contributed by atoms with Gasteiger partial charge < -0.3 is 9.88 Å². The second kappa shape index (κ2) is 7.77. The molecular formula is C16H24ClN5S. The molecule has 0 radical (unpaired) electrons. The van der Waals surface area contributed by atoms with Crippen LogP contribution < -0.4 is 5.32 Å². The summed E-state index contributed by atoms with van der Waals surface area (Å²) in [5.41, 5.74) is 1.23. The molecule has 1 N–H and O–H groups in total. The monoisotopic (exact) mass is 353 g/mol. The Morgan fingerprint density at radius 1 is 1.26 bits per heavy atom. The summed E-state index contributed by atoms with van der Waals surface area (Å²) in [6, 6.07) is 3.06. The average Bonchev–Trinajstić information content (AvgIpc) is 3.30. The summed E-state index contributed by atoms with van der Waals surface area (Å²) >= 11 is 1.86. The lowest BCUT2D eigenvalue weighted by molar-refractivity contribution is 0.170. The molecule has 2 aliphatic heterocycles. The van der Waals surface area contributed by atoms with E-state index < -0.39 is 0 Å². The number of hydrogen-bond donors (Lipinski definition) is 1. The minimum Gasteiger partial charge on any atom is -0.314 e. The van der Waals surface area contributed by atoms with Crippen molar-refractivity contribution in [1.82, 2.24) is 24.7 Å². The van der Waals surface area contributed by atoms with E-state index in [1.165, 1.54) is 43.2 Å². The van der Waals surface area contributed by atoms with Crippen LogP contribution >= 0.6 is 23.7 Å². The highest BCUT2D eigenvalue weighted by atomic mass is 35.5. The first-order valence-electron chi connectivity index (χ1n) is 8.11. The molecule has 0 amide bonds. The number of aromatic nitrogens is 2. The van der Waals surface area contributed by atoms with Crippen molar-refractivity contribution >= 4 is 23.7 Å². The van der Waals surface area contributed by atoms with Crippen LogP contribution in [0.2, 0.25) is 0 Å². The van der Waals surface area contributed by atoms with Gasteiger partial charge in [-0.05, 0) is 12.5 Å². The fourth-order valence-corrected chi connectivity index (χ4v) is 4.43. The molecule has 0 aromatic carbocycles. The highest BCUT2D eigenvalue weighted by Gasteiger charge is 2.28. The summed E-state index contributed by atoms with van der Waals surface area (Å²) in [6.45, 7) is 8.25. The highest BCUT2D eigenvalue weighted by molar-refractivity contribution is 7.10. The van der Waals surface area contributed by atoms with Gasteiger partial charge in [-0.25, -0.2) is 4.98 Å². The second-order valence-corrected chi connectivity index (χ2v) is 7.20. The van der Waals surface area contributed by atoms with Crippen molar-refractivity contribution in [3.63, 3.8) is 0 Å². The van der Waals surface area contributed by atoms with E-state index in [0.29, 0.717) is 0 Å². The molecule has 0 aliphatic carbocycles. The number of likely N-dealkylation sites (tertiary alicyclic amines) is 1. The van der Waals surface area contributed by atoms with Crippen molar-refractivity contribution in [2.45, 2.75) is 19.0 Å². The van der Waals surface area contributed by atoms with Gasteiger partial charge in [0.05, 0.1) is 12.0 Å². The molecule has 0 bridgehead atoms. The highest BCUT2D eigenvalue weighted by Crippen LogP contribution is 2.23. The van der Waals surface area contributed by atoms with Gasteiger partial charge >= 0.3 is 0 Å². The molecule has 2 fully saturated rings. The van der Waals surface area contributed by atoms with E-state index in [9.17, 15) is 0 Å². The number of hydrogen-bond acceptors (Lipinski definition) is 5. The van der Waals surface area contributed by atoms with Gasteiger partial charge in [0.25, 0.3) is 0 Å². The first kappa shape index (κ1) is 16.9. The lowest BCUT2D eigenvalue weighted by atomic mass is 10.2. The quantitative estimate of drug-likeness (QED) is 0.909. The minimum atomic E-state index is 0. The van der Waals surface area contributed by atoms with Crippen LogP contribution in [0, 0.1) is 0 Å². The van der Waals surface area contributed by atoms with Crippen LogP contribution in [-0.4, -0.2) is 64.7 Å². The molecule has 2 aromatic rings. The Kier molecular flexibility index (Phi) is 5.71. The third-order valence-corrected chi connectivity index (χ3v) is 5.65. The molecule has 0 spiro atoms. The summed E-state index contributed by atoms with van der Waals surface area (Å²) in [5, 5.41) is 5.67. The van der Waals surface area contributed by atoms with E-state index in [4.69, 9.17) is 0 Å². The van der Waals surface area contributed by atoms with Gasteiger partial charge in [0.15, 0.2) is 0 Å².